The number of halogens is 3. The van der Waals surface area contributed by atoms with Crippen molar-refractivity contribution in [1.82, 2.24) is 4.98 Å². The average molecular weight is 288 g/mol. The SMILES string of the molecule is O=[N+]([O-])c1cnc(OCC(F)(F)F)c(C2=CCCC2)c1. The van der Waals surface area contributed by atoms with Crippen LogP contribution in [0.15, 0.2) is 18.3 Å². The summed E-state index contributed by atoms with van der Waals surface area (Å²) in [6.07, 6.45) is 0.537. The maximum absolute atomic E-state index is 12.2. The number of nitro groups is 1. The molecule has 1 aliphatic rings. The summed E-state index contributed by atoms with van der Waals surface area (Å²) in [5, 5.41) is 10.7. The number of hydrogen-bond acceptors (Lipinski definition) is 4. The third-order valence-corrected chi connectivity index (χ3v) is 2.81. The second-order valence-corrected chi connectivity index (χ2v) is 4.33. The van der Waals surface area contributed by atoms with Gasteiger partial charge in [0.25, 0.3) is 5.69 Å². The molecule has 0 N–H and O–H groups in total. The topological polar surface area (TPSA) is 65.3 Å². The maximum Gasteiger partial charge on any atom is 0.422 e. The lowest BCUT2D eigenvalue weighted by Crippen LogP contribution is -2.20. The Morgan fingerprint density at radius 1 is 1.45 bits per heavy atom. The van der Waals surface area contributed by atoms with Gasteiger partial charge in [-0.05, 0) is 24.8 Å². The summed E-state index contributed by atoms with van der Waals surface area (Å²) in [6.45, 7) is -1.47. The zero-order valence-electron chi connectivity index (χ0n) is 10.3. The van der Waals surface area contributed by atoms with Crippen LogP contribution in [-0.4, -0.2) is 22.7 Å². The standard InChI is InChI=1S/C12H11F3N2O3/c13-12(14,15)7-20-11-10(8-3-1-2-4-8)5-9(6-16-11)17(18)19/h3,5-6H,1-2,4,7H2. The molecule has 108 valence electrons. The highest BCUT2D eigenvalue weighted by atomic mass is 19.4. The monoisotopic (exact) mass is 288 g/mol. The van der Waals surface area contributed by atoms with Crippen LogP contribution in [0, 0.1) is 10.1 Å². The summed E-state index contributed by atoms with van der Waals surface area (Å²) in [6, 6.07) is 1.20. The minimum Gasteiger partial charge on any atom is -0.468 e. The summed E-state index contributed by atoms with van der Waals surface area (Å²) in [7, 11) is 0. The molecule has 1 heterocycles. The molecule has 0 fully saturated rings. The fraction of sp³-hybridized carbons (Fsp3) is 0.417. The first-order valence-corrected chi connectivity index (χ1v) is 5.90. The van der Waals surface area contributed by atoms with Crippen LogP contribution in [-0.2, 0) is 0 Å². The fourth-order valence-corrected chi connectivity index (χ4v) is 1.95. The van der Waals surface area contributed by atoms with E-state index in [4.69, 9.17) is 0 Å². The molecule has 5 nitrogen and oxygen atoms in total. The Bertz CT molecular complexity index is 555. The molecule has 1 aromatic rings. The molecule has 1 aliphatic carbocycles. The van der Waals surface area contributed by atoms with E-state index in [2.05, 4.69) is 9.72 Å². The van der Waals surface area contributed by atoms with Crippen molar-refractivity contribution in [2.24, 2.45) is 0 Å². The van der Waals surface area contributed by atoms with E-state index in [-0.39, 0.29) is 17.1 Å². The predicted molar refractivity (Wildman–Crippen MR) is 64.3 cm³/mol. The molecule has 0 bridgehead atoms. The first-order chi connectivity index (χ1) is 9.37. The van der Waals surface area contributed by atoms with Crippen molar-refractivity contribution in [3.8, 4) is 5.88 Å². The zero-order valence-corrected chi connectivity index (χ0v) is 10.3. The van der Waals surface area contributed by atoms with E-state index in [1.807, 2.05) is 6.08 Å². The second kappa shape index (κ2) is 5.48. The van der Waals surface area contributed by atoms with Gasteiger partial charge in [-0.2, -0.15) is 13.2 Å². The number of ether oxygens (including phenoxy) is 1. The molecule has 0 aliphatic heterocycles. The lowest BCUT2D eigenvalue weighted by molar-refractivity contribution is -0.385. The molecular formula is C12H11F3N2O3. The van der Waals surface area contributed by atoms with Crippen molar-refractivity contribution < 1.29 is 22.8 Å². The van der Waals surface area contributed by atoms with Gasteiger partial charge in [0.15, 0.2) is 6.61 Å². The summed E-state index contributed by atoms with van der Waals surface area (Å²) >= 11 is 0. The summed E-state index contributed by atoms with van der Waals surface area (Å²) in [5.41, 5.74) is 0.728. The highest BCUT2D eigenvalue weighted by Gasteiger charge is 2.30. The minimum atomic E-state index is -4.48. The molecule has 20 heavy (non-hydrogen) atoms. The molecule has 0 aromatic carbocycles. The van der Waals surface area contributed by atoms with Crippen LogP contribution in [0.1, 0.15) is 24.8 Å². The normalized spacial score (nSPS) is 15.1. The van der Waals surface area contributed by atoms with Gasteiger partial charge in [0.1, 0.15) is 6.20 Å². The van der Waals surface area contributed by atoms with E-state index in [1.165, 1.54) is 6.07 Å². The molecule has 8 heteroatoms. The van der Waals surface area contributed by atoms with Crippen molar-refractivity contribution >= 4 is 11.3 Å². The summed E-state index contributed by atoms with van der Waals surface area (Å²) < 4.78 is 41.2. The van der Waals surface area contributed by atoms with Crippen LogP contribution < -0.4 is 4.74 Å². The van der Waals surface area contributed by atoms with E-state index in [0.717, 1.165) is 24.6 Å². The van der Waals surface area contributed by atoms with Crippen molar-refractivity contribution in [2.75, 3.05) is 6.61 Å². The van der Waals surface area contributed by atoms with Gasteiger partial charge in [-0.15, -0.1) is 0 Å². The third kappa shape index (κ3) is 3.46. The molecule has 0 unspecified atom stereocenters. The average Bonchev–Trinajstić information content (AvgIpc) is 2.88. The van der Waals surface area contributed by atoms with E-state index in [1.54, 1.807) is 0 Å². The van der Waals surface area contributed by atoms with Gasteiger partial charge in [0.05, 0.1) is 4.92 Å². The van der Waals surface area contributed by atoms with Crippen molar-refractivity contribution in [3.05, 3.63) is 34.0 Å². The van der Waals surface area contributed by atoms with Crippen molar-refractivity contribution in [1.29, 1.82) is 0 Å². The number of aromatic nitrogens is 1. The molecule has 0 radical (unpaired) electrons. The highest BCUT2D eigenvalue weighted by Crippen LogP contribution is 2.35. The Hall–Kier alpha value is -2.12. The Morgan fingerprint density at radius 3 is 2.75 bits per heavy atom. The second-order valence-electron chi connectivity index (χ2n) is 4.33. The van der Waals surface area contributed by atoms with Gasteiger partial charge in [-0.3, -0.25) is 10.1 Å². The smallest absolute Gasteiger partial charge is 0.422 e. The third-order valence-electron chi connectivity index (χ3n) is 2.81. The minimum absolute atomic E-state index is 0.221. The largest absolute Gasteiger partial charge is 0.468 e. The van der Waals surface area contributed by atoms with E-state index < -0.39 is 17.7 Å². The first kappa shape index (κ1) is 14.3. The Kier molecular flexibility index (Phi) is 3.91. The van der Waals surface area contributed by atoms with Gasteiger partial charge < -0.3 is 4.74 Å². The Balaban J connectivity index is 2.32. The predicted octanol–water partition coefficient (Wildman–Crippen LogP) is 3.50. The lowest BCUT2D eigenvalue weighted by atomic mass is 10.1. The van der Waals surface area contributed by atoms with Crippen LogP contribution in [0.25, 0.3) is 5.57 Å². The molecule has 0 atom stereocenters. The summed E-state index contributed by atoms with van der Waals surface area (Å²) in [5.74, 6) is -0.221. The molecule has 0 amide bonds. The highest BCUT2D eigenvalue weighted by molar-refractivity contribution is 5.72. The molecule has 1 aromatic heterocycles. The summed E-state index contributed by atoms with van der Waals surface area (Å²) in [4.78, 5) is 13.7. The van der Waals surface area contributed by atoms with Gasteiger partial charge in [0, 0.05) is 11.6 Å². The van der Waals surface area contributed by atoms with Crippen LogP contribution >= 0.6 is 0 Å². The molecular weight excluding hydrogens is 277 g/mol. The number of pyridine rings is 1. The van der Waals surface area contributed by atoms with Crippen molar-refractivity contribution in [3.63, 3.8) is 0 Å². The molecule has 0 saturated heterocycles. The Morgan fingerprint density at radius 2 is 2.20 bits per heavy atom. The quantitative estimate of drug-likeness (QED) is 0.628. The molecule has 0 spiro atoms. The molecule has 2 rings (SSSR count). The van der Waals surface area contributed by atoms with E-state index >= 15 is 0 Å². The molecule has 0 saturated carbocycles. The Labute approximate surface area is 112 Å². The number of nitrogens with zero attached hydrogens (tertiary/aromatic N) is 2. The number of allylic oxidation sites excluding steroid dienone is 2. The number of rotatable bonds is 4. The number of hydrogen-bond donors (Lipinski definition) is 0. The maximum atomic E-state index is 12.2. The number of alkyl halides is 3. The van der Waals surface area contributed by atoms with Crippen LogP contribution in [0.2, 0.25) is 0 Å². The van der Waals surface area contributed by atoms with Gasteiger partial charge in [-0.1, -0.05) is 6.08 Å². The lowest BCUT2D eigenvalue weighted by Gasteiger charge is -2.12. The zero-order chi connectivity index (χ0) is 14.8. The fourth-order valence-electron chi connectivity index (χ4n) is 1.95. The van der Waals surface area contributed by atoms with Crippen LogP contribution in [0.4, 0.5) is 18.9 Å². The van der Waals surface area contributed by atoms with Gasteiger partial charge in [-0.25, -0.2) is 4.98 Å². The van der Waals surface area contributed by atoms with Crippen molar-refractivity contribution in [2.45, 2.75) is 25.4 Å². The van der Waals surface area contributed by atoms with Gasteiger partial charge >= 0.3 is 6.18 Å². The van der Waals surface area contributed by atoms with Crippen LogP contribution in [0.3, 0.4) is 0 Å². The van der Waals surface area contributed by atoms with Crippen LogP contribution in [0.5, 0.6) is 5.88 Å². The van der Waals surface area contributed by atoms with Gasteiger partial charge in [0.2, 0.25) is 5.88 Å². The van der Waals surface area contributed by atoms with E-state index in [0.29, 0.717) is 6.42 Å². The first-order valence-electron chi connectivity index (χ1n) is 5.90. The van der Waals surface area contributed by atoms with E-state index in [9.17, 15) is 23.3 Å².